The number of imide groups is 1. The average molecular weight is 342 g/mol. The van der Waals surface area contributed by atoms with E-state index >= 15 is 0 Å². The summed E-state index contributed by atoms with van der Waals surface area (Å²) in [5, 5.41) is 2.34. The molecular weight excluding hydrogens is 316 g/mol. The summed E-state index contributed by atoms with van der Waals surface area (Å²) in [6, 6.07) is 7.85. The summed E-state index contributed by atoms with van der Waals surface area (Å²) in [7, 11) is 0. The highest BCUT2D eigenvalue weighted by Crippen LogP contribution is 2.22. The fraction of sp³-hybridized carbons (Fsp3) is 0.550. The van der Waals surface area contributed by atoms with Gasteiger partial charge in [-0.3, -0.25) is 19.7 Å². The van der Waals surface area contributed by atoms with E-state index in [1.807, 2.05) is 29.2 Å². The van der Waals surface area contributed by atoms with E-state index in [9.17, 15) is 14.4 Å². The Balaban J connectivity index is 1.67. The molecule has 3 rings (SSSR count). The fourth-order valence-electron chi connectivity index (χ4n) is 3.87. The van der Waals surface area contributed by atoms with Crippen molar-refractivity contribution >= 4 is 17.7 Å². The van der Waals surface area contributed by atoms with Gasteiger partial charge in [0, 0.05) is 24.6 Å². The van der Waals surface area contributed by atoms with Crippen molar-refractivity contribution in [2.24, 2.45) is 5.92 Å². The molecule has 2 aliphatic heterocycles. The molecule has 2 heterocycles. The normalized spacial score (nSPS) is 24.1. The van der Waals surface area contributed by atoms with E-state index in [2.05, 4.69) is 12.2 Å². The Morgan fingerprint density at radius 2 is 1.92 bits per heavy atom. The van der Waals surface area contributed by atoms with Crippen molar-refractivity contribution in [3.63, 3.8) is 0 Å². The van der Waals surface area contributed by atoms with Gasteiger partial charge in [-0.1, -0.05) is 31.9 Å². The van der Waals surface area contributed by atoms with E-state index in [1.165, 1.54) is 12.8 Å². The molecule has 0 aromatic heterocycles. The summed E-state index contributed by atoms with van der Waals surface area (Å²) in [6.07, 6.45) is 6.34. The lowest BCUT2D eigenvalue weighted by atomic mass is 9.97. The van der Waals surface area contributed by atoms with Crippen molar-refractivity contribution in [2.75, 3.05) is 6.54 Å². The minimum absolute atomic E-state index is 0.106. The molecule has 5 heteroatoms. The highest BCUT2D eigenvalue weighted by Gasteiger charge is 2.30. The van der Waals surface area contributed by atoms with Crippen LogP contribution < -0.4 is 5.32 Å². The molecule has 1 aromatic rings. The molecule has 0 bridgehead atoms. The van der Waals surface area contributed by atoms with Crippen LogP contribution in [0.25, 0.3) is 0 Å². The molecule has 0 aliphatic carbocycles. The molecule has 1 N–H and O–H groups in total. The zero-order valence-corrected chi connectivity index (χ0v) is 14.8. The molecule has 2 aliphatic rings. The van der Waals surface area contributed by atoms with Gasteiger partial charge in [-0.05, 0) is 43.4 Å². The van der Waals surface area contributed by atoms with Crippen molar-refractivity contribution in [3.05, 3.63) is 35.4 Å². The van der Waals surface area contributed by atoms with Crippen LogP contribution in [-0.2, 0) is 16.0 Å². The lowest BCUT2D eigenvalue weighted by molar-refractivity contribution is -0.125. The van der Waals surface area contributed by atoms with Gasteiger partial charge < -0.3 is 4.90 Å². The number of benzene rings is 1. The number of carbonyl (C=O) groups is 3. The summed E-state index contributed by atoms with van der Waals surface area (Å²) in [5.74, 6) is -0.577. The van der Waals surface area contributed by atoms with E-state index in [1.54, 1.807) is 0 Å². The second-order valence-corrected chi connectivity index (χ2v) is 7.12. The maximum atomic E-state index is 12.9. The maximum Gasteiger partial charge on any atom is 0.254 e. The van der Waals surface area contributed by atoms with E-state index in [0.717, 1.165) is 31.4 Å². The van der Waals surface area contributed by atoms with E-state index < -0.39 is 0 Å². The van der Waals surface area contributed by atoms with Crippen LogP contribution in [0.2, 0.25) is 0 Å². The maximum absolute atomic E-state index is 12.9. The molecule has 2 atom stereocenters. The molecule has 0 unspecified atom stereocenters. The van der Waals surface area contributed by atoms with Crippen LogP contribution in [0.4, 0.5) is 0 Å². The van der Waals surface area contributed by atoms with Crippen LogP contribution in [0.15, 0.2) is 24.3 Å². The van der Waals surface area contributed by atoms with Gasteiger partial charge in [-0.2, -0.15) is 0 Å². The number of hydrogen-bond acceptors (Lipinski definition) is 3. The van der Waals surface area contributed by atoms with Crippen molar-refractivity contribution in [2.45, 2.75) is 57.9 Å². The Bertz CT molecular complexity index is 653. The van der Waals surface area contributed by atoms with Crippen LogP contribution in [0.5, 0.6) is 0 Å². The van der Waals surface area contributed by atoms with Gasteiger partial charge in [0.1, 0.15) is 0 Å². The first-order valence-corrected chi connectivity index (χ1v) is 9.32. The summed E-state index contributed by atoms with van der Waals surface area (Å²) < 4.78 is 0. The van der Waals surface area contributed by atoms with Crippen LogP contribution in [-0.4, -0.2) is 35.2 Å². The van der Waals surface area contributed by atoms with Crippen LogP contribution in [0.3, 0.4) is 0 Å². The standard InChI is InChI=1S/C20H26N2O3/c1-2-17-6-4-3-5-11-22(17)20(25)15-9-7-14(8-10-15)12-16-13-18(23)21-19(16)24/h7-10,16-17H,2-6,11-13H2,1H3,(H,21,23,24)/t16-,17-/m0/s1. The predicted octanol–water partition coefficient (Wildman–Crippen LogP) is 2.69. The van der Waals surface area contributed by atoms with E-state index in [4.69, 9.17) is 0 Å². The quantitative estimate of drug-likeness (QED) is 0.856. The number of nitrogens with one attached hydrogen (secondary N) is 1. The Kier molecular flexibility index (Phi) is 5.51. The number of likely N-dealkylation sites (tertiary alicyclic amines) is 1. The second-order valence-electron chi connectivity index (χ2n) is 7.12. The highest BCUT2D eigenvalue weighted by molar-refractivity contribution is 6.03. The molecule has 134 valence electrons. The van der Waals surface area contributed by atoms with Crippen molar-refractivity contribution < 1.29 is 14.4 Å². The zero-order valence-electron chi connectivity index (χ0n) is 14.8. The SMILES string of the molecule is CC[C@H]1CCCCCN1C(=O)c1ccc(C[C@H]2CC(=O)NC2=O)cc1. The molecular formula is C20H26N2O3. The molecule has 0 radical (unpaired) electrons. The summed E-state index contributed by atoms with van der Waals surface area (Å²) in [4.78, 5) is 37.9. The molecule has 0 saturated carbocycles. The van der Waals surface area contributed by atoms with Crippen molar-refractivity contribution in [3.8, 4) is 0 Å². The topological polar surface area (TPSA) is 66.5 Å². The lowest BCUT2D eigenvalue weighted by Gasteiger charge is -2.29. The van der Waals surface area contributed by atoms with E-state index in [-0.39, 0.29) is 30.1 Å². The number of rotatable bonds is 4. The van der Waals surface area contributed by atoms with Crippen molar-refractivity contribution in [1.82, 2.24) is 10.2 Å². The molecule has 1 aromatic carbocycles. The highest BCUT2D eigenvalue weighted by atomic mass is 16.2. The van der Waals surface area contributed by atoms with Gasteiger partial charge >= 0.3 is 0 Å². The first-order valence-electron chi connectivity index (χ1n) is 9.32. The molecule has 0 spiro atoms. The zero-order chi connectivity index (χ0) is 17.8. The first kappa shape index (κ1) is 17.6. The summed E-state index contributed by atoms with van der Waals surface area (Å²) in [6.45, 7) is 2.98. The summed E-state index contributed by atoms with van der Waals surface area (Å²) >= 11 is 0. The first-order chi connectivity index (χ1) is 12.1. The Labute approximate surface area is 148 Å². The van der Waals surface area contributed by atoms with Gasteiger partial charge in [0.05, 0.1) is 5.92 Å². The van der Waals surface area contributed by atoms with Crippen LogP contribution in [0.1, 0.15) is 61.4 Å². The number of amides is 3. The lowest BCUT2D eigenvalue weighted by Crippen LogP contribution is -2.39. The smallest absolute Gasteiger partial charge is 0.254 e. The number of hydrogen-bond donors (Lipinski definition) is 1. The monoisotopic (exact) mass is 342 g/mol. The van der Waals surface area contributed by atoms with Gasteiger partial charge in [0.25, 0.3) is 5.91 Å². The van der Waals surface area contributed by atoms with Gasteiger partial charge in [0.2, 0.25) is 11.8 Å². The molecule has 25 heavy (non-hydrogen) atoms. The molecule has 3 amide bonds. The summed E-state index contributed by atoms with van der Waals surface area (Å²) in [5.41, 5.74) is 1.69. The van der Waals surface area contributed by atoms with E-state index in [0.29, 0.717) is 18.0 Å². The minimum atomic E-state index is -0.288. The predicted molar refractivity (Wildman–Crippen MR) is 95.0 cm³/mol. The molecule has 2 fully saturated rings. The van der Waals surface area contributed by atoms with Crippen LogP contribution in [0, 0.1) is 5.92 Å². The number of nitrogens with zero attached hydrogens (tertiary/aromatic N) is 1. The van der Waals surface area contributed by atoms with Gasteiger partial charge in [0.15, 0.2) is 0 Å². The Morgan fingerprint density at radius 1 is 1.16 bits per heavy atom. The van der Waals surface area contributed by atoms with Gasteiger partial charge in [-0.25, -0.2) is 0 Å². The third kappa shape index (κ3) is 4.09. The Hall–Kier alpha value is -2.17. The third-order valence-corrected chi connectivity index (χ3v) is 5.36. The third-order valence-electron chi connectivity index (χ3n) is 5.36. The minimum Gasteiger partial charge on any atom is -0.336 e. The molecule has 2 saturated heterocycles. The molecule has 5 nitrogen and oxygen atoms in total. The van der Waals surface area contributed by atoms with Crippen molar-refractivity contribution in [1.29, 1.82) is 0 Å². The average Bonchev–Trinajstić information content (AvgIpc) is 2.80. The Morgan fingerprint density at radius 3 is 2.56 bits per heavy atom. The van der Waals surface area contributed by atoms with Gasteiger partial charge in [-0.15, -0.1) is 0 Å². The number of carbonyl (C=O) groups excluding carboxylic acids is 3. The largest absolute Gasteiger partial charge is 0.336 e. The second kappa shape index (κ2) is 7.81. The fourth-order valence-corrected chi connectivity index (χ4v) is 3.87. The van der Waals surface area contributed by atoms with Crippen LogP contribution >= 0.6 is 0 Å².